The average molecular weight is 403 g/mol. The van der Waals surface area contributed by atoms with E-state index in [1.54, 1.807) is 5.20 Å². The van der Waals surface area contributed by atoms with Crippen LogP contribution >= 0.6 is 6.04 Å². The van der Waals surface area contributed by atoms with Gasteiger partial charge in [0.15, 0.2) is 0 Å². The minimum atomic E-state index is -1.84. The molecular weight excluding hydrogens is 371 g/mol. The van der Waals surface area contributed by atoms with Gasteiger partial charge in [-0.05, 0) is 10.6 Å². The summed E-state index contributed by atoms with van der Waals surface area (Å²) in [4.78, 5) is 0. The fourth-order valence-corrected chi connectivity index (χ4v) is 13.9. The van der Waals surface area contributed by atoms with Crippen molar-refractivity contribution >= 4 is 44.6 Å². The summed E-state index contributed by atoms with van der Waals surface area (Å²) in [6.45, 7) is 14.7. The van der Waals surface area contributed by atoms with Crippen molar-refractivity contribution in [3.05, 3.63) is 71.6 Å². The van der Waals surface area contributed by atoms with Crippen LogP contribution in [0.4, 0.5) is 0 Å². The van der Waals surface area contributed by atoms with E-state index >= 15 is 0 Å². The number of hydrogen-bond acceptors (Lipinski definition) is 1. The summed E-state index contributed by atoms with van der Waals surface area (Å²) < 4.78 is 0. The molecule has 0 aliphatic carbocycles. The fraction of sp³-hybridized carbons (Fsp3) is 0.333. The van der Waals surface area contributed by atoms with Crippen molar-refractivity contribution in [1.29, 1.82) is 0 Å². The standard InChI is InChI=1S/C21H31PSSi2/c1-24(2,3)18-21(25(4,5)6)17-22(23,19-13-9-7-10-14-19)20-15-11-8-12-16-20/h7-16,18H,17H2,1-6H3/b21-18+. The van der Waals surface area contributed by atoms with Crippen LogP contribution in [0.1, 0.15) is 0 Å². The van der Waals surface area contributed by atoms with Gasteiger partial charge in [-0.25, -0.2) is 0 Å². The molecule has 0 aromatic heterocycles. The summed E-state index contributed by atoms with van der Waals surface area (Å²) in [6, 6.07) is 19.8. The van der Waals surface area contributed by atoms with Crippen molar-refractivity contribution in [3.63, 3.8) is 0 Å². The first-order valence-corrected chi connectivity index (χ1v) is 19.0. The van der Waals surface area contributed by atoms with Crippen LogP contribution in [0.25, 0.3) is 0 Å². The van der Waals surface area contributed by atoms with Crippen LogP contribution in [0.15, 0.2) is 71.6 Å². The molecule has 0 aliphatic rings. The molecule has 0 radical (unpaired) electrons. The lowest BCUT2D eigenvalue weighted by atomic mass is 10.4. The topological polar surface area (TPSA) is 0 Å². The molecular formula is C21H31PSSi2. The fourth-order valence-electron chi connectivity index (χ4n) is 2.93. The lowest BCUT2D eigenvalue weighted by molar-refractivity contribution is 1.52. The van der Waals surface area contributed by atoms with E-state index in [9.17, 15) is 0 Å². The molecule has 2 rings (SSSR count). The van der Waals surface area contributed by atoms with Crippen LogP contribution in [-0.4, -0.2) is 22.3 Å². The lowest BCUT2D eigenvalue weighted by Gasteiger charge is -2.31. The molecule has 0 saturated heterocycles. The highest BCUT2D eigenvalue weighted by atomic mass is 32.4. The first-order valence-electron chi connectivity index (χ1n) is 8.95. The highest BCUT2D eigenvalue weighted by Crippen LogP contribution is 2.47. The van der Waals surface area contributed by atoms with E-state index in [0.29, 0.717) is 0 Å². The zero-order valence-corrected chi connectivity index (χ0v) is 20.1. The summed E-state index contributed by atoms with van der Waals surface area (Å²) in [7, 11) is -2.70. The first-order chi connectivity index (χ1) is 11.5. The van der Waals surface area contributed by atoms with Gasteiger partial charge in [-0.2, -0.15) is 0 Å². The van der Waals surface area contributed by atoms with Gasteiger partial charge in [-0.15, -0.1) is 0 Å². The maximum Gasteiger partial charge on any atom is 0.0720 e. The summed E-state index contributed by atoms with van der Waals surface area (Å²) in [5, 5.41) is 4.36. The largest absolute Gasteiger partial charge is 0.0991 e. The molecule has 0 spiro atoms. The van der Waals surface area contributed by atoms with Gasteiger partial charge in [0.2, 0.25) is 0 Å². The highest BCUT2D eigenvalue weighted by molar-refractivity contribution is 8.22. The van der Waals surface area contributed by atoms with Crippen LogP contribution in [0.3, 0.4) is 0 Å². The monoisotopic (exact) mass is 402 g/mol. The Hall–Kier alpha value is -0.736. The number of rotatable bonds is 6. The molecule has 0 unspecified atom stereocenters. The van der Waals surface area contributed by atoms with E-state index in [1.807, 2.05) is 0 Å². The molecule has 0 aliphatic heterocycles. The summed E-state index contributed by atoms with van der Waals surface area (Å²) >= 11 is 6.48. The SMILES string of the molecule is C[Si](C)(C)/C=C(\CP(=S)(c1ccccc1)c1ccccc1)[Si](C)(C)C. The van der Waals surface area contributed by atoms with E-state index < -0.39 is 22.2 Å². The van der Waals surface area contributed by atoms with Crippen molar-refractivity contribution in [1.82, 2.24) is 0 Å². The molecule has 0 N–H and O–H groups in total. The minimum absolute atomic E-state index is 1.05. The van der Waals surface area contributed by atoms with Crippen LogP contribution in [0, 0.1) is 0 Å². The van der Waals surface area contributed by atoms with Gasteiger partial charge in [0.25, 0.3) is 0 Å². The van der Waals surface area contributed by atoms with Gasteiger partial charge >= 0.3 is 0 Å². The normalized spacial score (nSPS) is 13.8. The van der Waals surface area contributed by atoms with Gasteiger partial charge in [0, 0.05) is 12.2 Å². The van der Waals surface area contributed by atoms with E-state index in [0.717, 1.165) is 6.16 Å². The summed E-state index contributed by atoms with van der Waals surface area (Å²) in [5.41, 5.74) is 2.64. The van der Waals surface area contributed by atoms with Gasteiger partial charge in [-0.1, -0.05) is 123 Å². The Balaban J connectivity index is 2.61. The second-order valence-corrected chi connectivity index (χ2v) is 23.7. The summed E-state index contributed by atoms with van der Waals surface area (Å²) in [6.07, 6.45) is 1.05. The third-order valence-corrected chi connectivity index (χ3v) is 13.1. The average Bonchev–Trinajstić information content (AvgIpc) is 2.54. The lowest BCUT2D eigenvalue weighted by Crippen LogP contribution is -2.33. The van der Waals surface area contributed by atoms with Gasteiger partial charge in [-0.3, -0.25) is 0 Å². The molecule has 2 aromatic rings. The van der Waals surface area contributed by atoms with E-state index in [1.165, 1.54) is 10.6 Å². The van der Waals surface area contributed by atoms with Crippen molar-refractivity contribution in [2.75, 3.05) is 6.16 Å². The Morgan fingerprint density at radius 2 is 1.20 bits per heavy atom. The van der Waals surface area contributed by atoms with E-state index in [-0.39, 0.29) is 0 Å². The smallest absolute Gasteiger partial charge is 0.0720 e. The van der Waals surface area contributed by atoms with Gasteiger partial charge in [0.05, 0.1) is 16.1 Å². The predicted molar refractivity (Wildman–Crippen MR) is 126 cm³/mol. The molecule has 0 heterocycles. The number of hydrogen-bond donors (Lipinski definition) is 0. The molecule has 0 saturated carbocycles. The first kappa shape index (κ1) is 20.6. The maximum atomic E-state index is 6.48. The quantitative estimate of drug-likeness (QED) is 0.435. The van der Waals surface area contributed by atoms with Crippen molar-refractivity contribution in [2.24, 2.45) is 0 Å². The Morgan fingerprint density at radius 3 is 1.52 bits per heavy atom. The second-order valence-electron chi connectivity index (χ2n) is 8.85. The third kappa shape index (κ3) is 5.62. The zero-order chi connectivity index (χ0) is 18.7. The van der Waals surface area contributed by atoms with E-state index in [4.69, 9.17) is 11.8 Å². The maximum absolute atomic E-state index is 6.48. The minimum Gasteiger partial charge on any atom is -0.0991 e. The number of benzene rings is 2. The molecule has 134 valence electrons. The second kappa shape index (κ2) is 7.88. The molecule has 0 bridgehead atoms. The van der Waals surface area contributed by atoms with Gasteiger partial charge < -0.3 is 0 Å². The molecule has 0 amide bonds. The van der Waals surface area contributed by atoms with Crippen LogP contribution < -0.4 is 10.6 Å². The van der Waals surface area contributed by atoms with Crippen LogP contribution in [0.2, 0.25) is 39.3 Å². The zero-order valence-electron chi connectivity index (χ0n) is 16.4. The Kier molecular flexibility index (Phi) is 6.48. The van der Waals surface area contributed by atoms with Crippen LogP contribution in [0.5, 0.6) is 0 Å². The van der Waals surface area contributed by atoms with Gasteiger partial charge in [0.1, 0.15) is 0 Å². The van der Waals surface area contributed by atoms with Crippen molar-refractivity contribution in [2.45, 2.75) is 39.3 Å². The predicted octanol–water partition coefficient (Wildman–Crippen LogP) is 5.80. The van der Waals surface area contributed by atoms with Crippen LogP contribution in [-0.2, 0) is 11.8 Å². The third-order valence-electron chi connectivity index (χ3n) is 4.31. The highest BCUT2D eigenvalue weighted by Gasteiger charge is 2.30. The molecule has 4 heteroatoms. The van der Waals surface area contributed by atoms with E-state index in [2.05, 4.69) is 106 Å². The van der Waals surface area contributed by atoms with Crippen molar-refractivity contribution in [3.8, 4) is 0 Å². The molecule has 25 heavy (non-hydrogen) atoms. The molecule has 0 fully saturated rings. The Bertz CT molecular complexity index is 726. The molecule has 0 nitrogen and oxygen atoms in total. The molecule has 0 atom stereocenters. The Morgan fingerprint density at radius 1 is 0.800 bits per heavy atom. The summed E-state index contributed by atoms with van der Waals surface area (Å²) in [5.74, 6) is 0. The van der Waals surface area contributed by atoms with Crippen molar-refractivity contribution < 1.29 is 0 Å². The molecule has 2 aromatic carbocycles. The number of allylic oxidation sites excluding steroid dienone is 1. The Labute approximate surface area is 161 Å².